The zero-order valence-electron chi connectivity index (χ0n) is 10.8. The molecule has 1 aromatic heterocycles. The lowest BCUT2D eigenvalue weighted by Gasteiger charge is -2.13. The molecule has 0 radical (unpaired) electrons. The molecule has 1 unspecified atom stereocenters. The number of hydrogen-bond donors (Lipinski definition) is 0. The molecule has 1 aliphatic rings. The van der Waals surface area contributed by atoms with E-state index < -0.39 is 0 Å². The summed E-state index contributed by atoms with van der Waals surface area (Å²) < 4.78 is 11.6. The number of benzene rings is 2. The molecular weight excluding hydrogens is 248 g/mol. The molecule has 0 spiro atoms. The number of hydrogen-bond acceptors (Lipinski definition) is 2. The van der Waals surface area contributed by atoms with Gasteiger partial charge in [-0.3, -0.25) is 0 Å². The first-order valence-corrected chi connectivity index (χ1v) is 6.55. The molecule has 1 aliphatic heterocycles. The fourth-order valence-electron chi connectivity index (χ4n) is 2.82. The van der Waals surface area contributed by atoms with E-state index in [4.69, 9.17) is 15.6 Å². The van der Waals surface area contributed by atoms with Gasteiger partial charge in [-0.05, 0) is 11.5 Å². The topological polar surface area (TPSA) is 22.4 Å². The monoisotopic (exact) mass is 260 g/mol. The Balaban J connectivity index is 2.03. The maximum absolute atomic E-state index is 6.02. The maximum atomic E-state index is 6.02. The molecule has 3 aromatic rings. The summed E-state index contributed by atoms with van der Waals surface area (Å²) in [5.74, 6) is 4.33. The second kappa shape index (κ2) is 4.18. The quantitative estimate of drug-likeness (QED) is 0.568. The van der Waals surface area contributed by atoms with Crippen LogP contribution in [-0.4, -0.2) is 0 Å². The van der Waals surface area contributed by atoms with E-state index in [9.17, 15) is 0 Å². The highest BCUT2D eigenvalue weighted by Gasteiger charge is 2.27. The number of fused-ring (bicyclic) bond motifs is 4. The minimum Gasteiger partial charge on any atom is -0.488 e. The molecule has 0 aliphatic carbocycles. The van der Waals surface area contributed by atoms with Crippen LogP contribution in [0.5, 0.6) is 5.75 Å². The van der Waals surface area contributed by atoms with Crippen molar-refractivity contribution in [3.05, 3.63) is 65.6 Å². The second-order valence-corrected chi connectivity index (χ2v) is 4.90. The molecule has 0 saturated carbocycles. The summed E-state index contributed by atoms with van der Waals surface area (Å²) in [5.41, 5.74) is 2.02. The van der Waals surface area contributed by atoms with Crippen molar-refractivity contribution in [2.45, 2.75) is 12.5 Å². The Bertz CT molecular complexity index is 836. The lowest BCUT2D eigenvalue weighted by atomic mass is 9.93. The Labute approximate surface area is 117 Å². The molecule has 0 N–H and O–H groups in total. The summed E-state index contributed by atoms with van der Waals surface area (Å²) in [5, 5.41) is 2.25. The first-order chi connectivity index (χ1) is 9.88. The summed E-state index contributed by atoms with van der Waals surface area (Å²) in [7, 11) is 0. The van der Waals surface area contributed by atoms with Crippen molar-refractivity contribution in [3.63, 3.8) is 0 Å². The smallest absolute Gasteiger partial charge is 0.132 e. The van der Waals surface area contributed by atoms with E-state index in [0.29, 0.717) is 6.61 Å². The van der Waals surface area contributed by atoms with E-state index in [0.717, 1.165) is 33.4 Å². The van der Waals surface area contributed by atoms with Crippen LogP contribution in [0.2, 0.25) is 0 Å². The first kappa shape index (κ1) is 11.2. The molecule has 0 fully saturated rings. The van der Waals surface area contributed by atoms with E-state index in [1.54, 1.807) is 6.26 Å². The van der Waals surface area contributed by atoms with E-state index in [1.165, 1.54) is 0 Å². The van der Waals surface area contributed by atoms with Gasteiger partial charge < -0.3 is 9.15 Å². The maximum Gasteiger partial charge on any atom is 0.132 e. The van der Waals surface area contributed by atoms with Gasteiger partial charge in [0.25, 0.3) is 0 Å². The van der Waals surface area contributed by atoms with Crippen molar-refractivity contribution in [2.75, 3.05) is 0 Å². The SMILES string of the molecule is C#CC1c2ccc3ccccc3c2OCc2ccoc21. The van der Waals surface area contributed by atoms with Crippen LogP contribution >= 0.6 is 0 Å². The standard InChI is InChI=1S/C18H12O2/c1-2-14-16-8-7-12-5-3-4-6-15(12)18(16)20-11-13-9-10-19-17(13)14/h1,3-10,14H,11H2. The number of rotatable bonds is 0. The van der Waals surface area contributed by atoms with Crippen LogP contribution in [-0.2, 0) is 6.61 Å². The van der Waals surface area contributed by atoms with Crippen molar-refractivity contribution in [2.24, 2.45) is 0 Å². The normalized spacial score (nSPS) is 16.6. The van der Waals surface area contributed by atoms with Gasteiger partial charge in [-0.1, -0.05) is 42.3 Å². The number of ether oxygens (including phenoxy) is 1. The third-order valence-corrected chi connectivity index (χ3v) is 3.80. The van der Waals surface area contributed by atoms with E-state index in [1.807, 2.05) is 24.3 Å². The van der Waals surface area contributed by atoms with Gasteiger partial charge in [0.1, 0.15) is 24.0 Å². The molecule has 96 valence electrons. The molecule has 2 heterocycles. The molecule has 0 saturated heterocycles. The molecule has 2 nitrogen and oxygen atoms in total. The molecule has 0 amide bonds. The minimum absolute atomic E-state index is 0.192. The van der Waals surface area contributed by atoms with Gasteiger partial charge in [0.2, 0.25) is 0 Å². The predicted molar refractivity (Wildman–Crippen MR) is 77.7 cm³/mol. The van der Waals surface area contributed by atoms with Crippen molar-refractivity contribution in [1.29, 1.82) is 0 Å². The Morgan fingerprint density at radius 3 is 2.90 bits per heavy atom. The zero-order chi connectivity index (χ0) is 13.5. The third kappa shape index (κ3) is 1.47. The van der Waals surface area contributed by atoms with Gasteiger partial charge in [0.05, 0.1) is 6.26 Å². The van der Waals surface area contributed by atoms with Crippen LogP contribution in [0.25, 0.3) is 10.8 Å². The fourth-order valence-corrected chi connectivity index (χ4v) is 2.82. The summed E-state index contributed by atoms with van der Waals surface area (Å²) >= 11 is 0. The van der Waals surface area contributed by atoms with Crippen LogP contribution < -0.4 is 4.74 Å². The van der Waals surface area contributed by atoms with Gasteiger partial charge in [-0.15, -0.1) is 6.42 Å². The first-order valence-electron chi connectivity index (χ1n) is 6.55. The molecule has 4 rings (SSSR count). The van der Waals surface area contributed by atoms with Gasteiger partial charge in [-0.25, -0.2) is 0 Å². The largest absolute Gasteiger partial charge is 0.488 e. The summed E-state index contributed by atoms with van der Waals surface area (Å²) in [6.07, 6.45) is 7.41. The summed E-state index contributed by atoms with van der Waals surface area (Å²) in [6.45, 7) is 0.491. The molecule has 0 bridgehead atoms. The van der Waals surface area contributed by atoms with Crippen molar-refractivity contribution >= 4 is 10.8 Å². The Kier molecular flexibility index (Phi) is 2.34. The second-order valence-electron chi connectivity index (χ2n) is 4.90. The van der Waals surface area contributed by atoms with E-state index in [2.05, 4.69) is 24.1 Å². The Morgan fingerprint density at radius 1 is 1.10 bits per heavy atom. The molecule has 2 heteroatoms. The average Bonchev–Trinajstić information content (AvgIpc) is 2.89. The van der Waals surface area contributed by atoms with Crippen LogP contribution in [0.4, 0.5) is 0 Å². The van der Waals surface area contributed by atoms with Crippen LogP contribution in [0.15, 0.2) is 53.1 Å². The summed E-state index contributed by atoms with van der Waals surface area (Å²) in [6, 6.07) is 14.2. The van der Waals surface area contributed by atoms with Crippen LogP contribution in [0, 0.1) is 12.3 Å². The highest BCUT2D eigenvalue weighted by atomic mass is 16.5. The number of terminal acetylenes is 1. The van der Waals surface area contributed by atoms with Gasteiger partial charge >= 0.3 is 0 Å². The Hall–Kier alpha value is -2.66. The van der Waals surface area contributed by atoms with E-state index in [-0.39, 0.29) is 5.92 Å². The van der Waals surface area contributed by atoms with Crippen LogP contribution in [0.1, 0.15) is 22.8 Å². The lowest BCUT2D eigenvalue weighted by Crippen LogP contribution is -1.98. The van der Waals surface area contributed by atoms with Crippen molar-refractivity contribution in [1.82, 2.24) is 0 Å². The lowest BCUT2D eigenvalue weighted by molar-refractivity contribution is 0.310. The zero-order valence-corrected chi connectivity index (χ0v) is 10.8. The molecule has 20 heavy (non-hydrogen) atoms. The van der Waals surface area contributed by atoms with E-state index >= 15 is 0 Å². The third-order valence-electron chi connectivity index (χ3n) is 3.80. The van der Waals surface area contributed by atoms with Gasteiger partial charge in [0, 0.05) is 16.5 Å². The summed E-state index contributed by atoms with van der Waals surface area (Å²) in [4.78, 5) is 0. The van der Waals surface area contributed by atoms with Crippen molar-refractivity contribution < 1.29 is 9.15 Å². The van der Waals surface area contributed by atoms with Gasteiger partial charge in [0.15, 0.2) is 0 Å². The molecular formula is C18H12O2. The Morgan fingerprint density at radius 2 is 2.00 bits per heavy atom. The minimum atomic E-state index is -0.192. The van der Waals surface area contributed by atoms with Crippen molar-refractivity contribution in [3.8, 4) is 18.1 Å². The predicted octanol–water partition coefficient (Wildman–Crippen LogP) is 4.09. The fraction of sp³-hybridized carbons (Fsp3) is 0.111. The highest BCUT2D eigenvalue weighted by Crippen LogP contribution is 2.41. The highest BCUT2D eigenvalue weighted by molar-refractivity contribution is 5.90. The molecule has 2 aromatic carbocycles. The van der Waals surface area contributed by atoms with Gasteiger partial charge in [-0.2, -0.15) is 0 Å². The average molecular weight is 260 g/mol. The number of furan rings is 1. The molecule has 1 atom stereocenters. The van der Waals surface area contributed by atoms with Crippen LogP contribution in [0.3, 0.4) is 0 Å².